The lowest BCUT2D eigenvalue weighted by Crippen LogP contribution is -2.40. The molecule has 1 heterocycles. The van der Waals surface area contributed by atoms with E-state index in [0.717, 1.165) is 13.0 Å². The summed E-state index contributed by atoms with van der Waals surface area (Å²) in [6.45, 7) is 3.62. The van der Waals surface area contributed by atoms with Crippen molar-refractivity contribution in [2.24, 2.45) is 5.73 Å². The van der Waals surface area contributed by atoms with Gasteiger partial charge >= 0.3 is 0 Å². The van der Waals surface area contributed by atoms with Gasteiger partial charge in [-0.25, -0.2) is 0 Å². The monoisotopic (exact) mass is 144 g/mol. The summed E-state index contributed by atoms with van der Waals surface area (Å²) in [6.07, 6.45) is 2.25. The third kappa shape index (κ3) is 2.25. The number of rotatable bonds is 4. The molecule has 0 saturated carbocycles. The molecule has 1 unspecified atom stereocenters. The Morgan fingerprint density at radius 3 is 2.60 bits per heavy atom. The van der Waals surface area contributed by atoms with E-state index in [-0.39, 0.29) is 12.6 Å². The van der Waals surface area contributed by atoms with Crippen LogP contribution in [0.15, 0.2) is 0 Å². The molecule has 3 nitrogen and oxygen atoms in total. The fraction of sp³-hybridized carbons (Fsp3) is 1.00. The van der Waals surface area contributed by atoms with Crippen molar-refractivity contribution in [2.75, 3.05) is 26.2 Å². The van der Waals surface area contributed by atoms with Crippen LogP contribution < -0.4 is 5.73 Å². The summed E-state index contributed by atoms with van der Waals surface area (Å²) >= 11 is 0. The normalized spacial score (nSPS) is 22.2. The molecule has 1 aliphatic rings. The van der Waals surface area contributed by atoms with Crippen molar-refractivity contribution in [3.8, 4) is 0 Å². The first-order valence-electron chi connectivity index (χ1n) is 3.91. The highest BCUT2D eigenvalue weighted by Crippen LogP contribution is 2.06. The maximum Gasteiger partial charge on any atom is 0.0583 e. The van der Waals surface area contributed by atoms with Gasteiger partial charge in [-0.15, -0.1) is 0 Å². The molecule has 3 N–H and O–H groups in total. The first-order chi connectivity index (χ1) is 4.83. The van der Waals surface area contributed by atoms with Crippen molar-refractivity contribution in [3.63, 3.8) is 0 Å². The van der Waals surface area contributed by atoms with Gasteiger partial charge in [0.25, 0.3) is 0 Å². The van der Waals surface area contributed by atoms with E-state index < -0.39 is 0 Å². The second-order valence-corrected chi connectivity index (χ2v) is 2.93. The maximum atomic E-state index is 8.59. The van der Waals surface area contributed by atoms with E-state index >= 15 is 0 Å². The van der Waals surface area contributed by atoms with Crippen LogP contribution in [0.2, 0.25) is 0 Å². The fourth-order valence-corrected chi connectivity index (χ4v) is 1.05. The zero-order valence-electron chi connectivity index (χ0n) is 6.29. The van der Waals surface area contributed by atoms with Crippen molar-refractivity contribution in [2.45, 2.75) is 18.9 Å². The van der Waals surface area contributed by atoms with Crippen LogP contribution in [-0.2, 0) is 0 Å². The summed E-state index contributed by atoms with van der Waals surface area (Å²) < 4.78 is 0. The largest absolute Gasteiger partial charge is 0.395 e. The average molecular weight is 144 g/mol. The van der Waals surface area contributed by atoms with E-state index in [9.17, 15) is 0 Å². The van der Waals surface area contributed by atoms with E-state index in [4.69, 9.17) is 10.8 Å². The summed E-state index contributed by atoms with van der Waals surface area (Å²) in [6, 6.07) is -0.0133. The van der Waals surface area contributed by atoms with Gasteiger partial charge in [-0.1, -0.05) is 0 Å². The number of aliphatic hydroxyl groups is 1. The Morgan fingerprint density at radius 1 is 1.50 bits per heavy atom. The highest BCUT2D eigenvalue weighted by molar-refractivity contribution is 4.70. The van der Waals surface area contributed by atoms with Crippen LogP contribution in [0, 0.1) is 0 Å². The Bertz CT molecular complexity index is 88.9. The SMILES string of the molecule is NC(CO)CCN1CCC1. The standard InChI is InChI=1S/C7H16N2O/c8-7(6-10)2-5-9-3-1-4-9/h7,10H,1-6,8H2. The van der Waals surface area contributed by atoms with Crippen molar-refractivity contribution in [3.05, 3.63) is 0 Å². The van der Waals surface area contributed by atoms with Crippen LogP contribution in [0.5, 0.6) is 0 Å². The summed E-state index contributed by atoms with van der Waals surface area (Å²) in [4.78, 5) is 2.36. The van der Waals surface area contributed by atoms with Gasteiger partial charge in [0.1, 0.15) is 0 Å². The molecule has 60 valence electrons. The van der Waals surface area contributed by atoms with Crippen LogP contribution in [0.4, 0.5) is 0 Å². The van der Waals surface area contributed by atoms with Gasteiger partial charge in [0, 0.05) is 6.04 Å². The van der Waals surface area contributed by atoms with Crippen molar-refractivity contribution in [1.82, 2.24) is 4.90 Å². The molecule has 1 atom stereocenters. The molecule has 0 amide bonds. The van der Waals surface area contributed by atoms with Crippen LogP contribution in [0.3, 0.4) is 0 Å². The van der Waals surface area contributed by atoms with E-state index in [0.29, 0.717) is 0 Å². The van der Waals surface area contributed by atoms with Gasteiger partial charge in [0.05, 0.1) is 6.61 Å². The molecule has 10 heavy (non-hydrogen) atoms. The molecule has 0 aromatic rings. The molecule has 0 bridgehead atoms. The Hall–Kier alpha value is -0.120. The fourth-order valence-electron chi connectivity index (χ4n) is 1.05. The molecule has 1 aliphatic heterocycles. The quantitative estimate of drug-likeness (QED) is 0.554. The summed E-state index contributed by atoms with van der Waals surface area (Å²) in [5.74, 6) is 0. The minimum Gasteiger partial charge on any atom is -0.395 e. The van der Waals surface area contributed by atoms with Crippen molar-refractivity contribution >= 4 is 0 Å². The topological polar surface area (TPSA) is 49.5 Å². The van der Waals surface area contributed by atoms with E-state index in [1.165, 1.54) is 19.5 Å². The van der Waals surface area contributed by atoms with E-state index in [1.807, 2.05) is 0 Å². The van der Waals surface area contributed by atoms with Gasteiger partial charge < -0.3 is 15.7 Å². The third-order valence-electron chi connectivity index (χ3n) is 2.00. The molecule has 0 aromatic heterocycles. The Kier molecular flexibility index (Phi) is 3.12. The highest BCUT2D eigenvalue weighted by atomic mass is 16.3. The smallest absolute Gasteiger partial charge is 0.0583 e. The molecule has 0 aliphatic carbocycles. The Balaban J connectivity index is 1.93. The second-order valence-electron chi connectivity index (χ2n) is 2.93. The number of likely N-dealkylation sites (tertiary alicyclic amines) is 1. The zero-order valence-corrected chi connectivity index (χ0v) is 6.29. The minimum absolute atomic E-state index is 0.0133. The van der Waals surface area contributed by atoms with Crippen molar-refractivity contribution in [1.29, 1.82) is 0 Å². The number of nitrogens with zero attached hydrogens (tertiary/aromatic N) is 1. The first kappa shape index (κ1) is 7.98. The van der Waals surface area contributed by atoms with Crippen molar-refractivity contribution < 1.29 is 5.11 Å². The van der Waals surface area contributed by atoms with Crippen LogP contribution in [0.1, 0.15) is 12.8 Å². The van der Waals surface area contributed by atoms with Crippen LogP contribution in [-0.4, -0.2) is 42.3 Å². The number of hydrogen-bond acceptors (Lipinski definition) is 3. The molecule has 1 fully saturated rings. The third-order valence-corrected chi connectivity index (χ3v) is 2.00. The van der Waals surface area contributed by atoms with E-state index in [2.05, 4.69) is 4.90 Å². The minimum atomic E-state index is -0.0133. The van der Waals surface area contributed by atoms with Gasteiger partial charge in [0.2, 0.25) is 0 Å². The predicted molar refractivity (Wildman–Crippen MR) is 40.7 cm³/mol. The summed E-state index contributed by atoms with van der Waals surface area (Å²) in [5, 5.41) is 8.59. The molecular formula is C7H16N2O. The maximum absolute atomic E-state index is 8.59. The average Bonchev–Trinajstić information content (AvgIpc) is 1.84. The second kappa shape index (κ2) is 3.91. The zero-order chi connectivity index (χ0) is 7.40. The lowest BCUT2D eigenvalue weighted by atomic mass is 10.1. The molecule has 0 radical (unpaired) electrons. The number of hydrogen-bond donors (Lipinski definition) is 2. The van der Waals surface area contributed by atoms with Gasteiger partial charge in [0.15, 0.2) is 0 Å². The number of aliphatic hydroxyl groups excluding tert-OH is 1. The van der Waals surface area contributed by atoms with E-state index in [1.54, 1.807) is 0 Å². The summed E-state index contributed by atoms with van der Waals surface area (Å²) in [5.41, 5.74) is 5.52. The van der Waals surface area contributed by atoms with Gasteiger partial charge in [-0.2, -0.15) is 0 Å². The molecule has 1 rings (SSSR count). The summed E-state index contributed by atoms with van der Waals surface area (Å²) in [7, 11) is 0. The molecule has 3 heteroatoms. The van der Waals surface area contributed by atoms with Crippen LogP contribution >= 0.6 is 0 Å². The van der Waals surface area contributed by atoms with Gasteiger partial charge in [-0.3, -0.25) is 0 Å². The lowest BCUT2D eigenvalue weighted by molar-refractivity contribution is 0.164. The first-order valence-corrected chi connectivity index (χ1v) is 3.91. The number of nitrogens with two attached hydrogens (primary N) is 1. The predicted octanol–water partition coefficient (Wildman–Crippen LogP) is -0.598. The molecule has 1 saturated heterocycles. The molecule has 0 aromatic carbocycles. The lowest BCUT2D eigenvalue weighted by Gasteiger charge is -2.31. The Morgan fingerprint density at radius 2 is 2.20 bits per heavy atom. The molecule has 0 spiro atoms. The van der Waals surface area contributed by atoms with Gasteiger partial charge in [-0.05, 0) is 32.5 Å². The highest BCUT2D eigenvalue weighted by Gasteiger charge is 2.13. The Labute approximate surface area is 61.8 Å². The molecular weight excluding hydrogens is 128 g/mol. The van der Waals surface area contributed by atoms with Crippen LogP contribution in [0.25, 0.3) is 0 Å².